The van der Waals surface area contributed by atoms with Crippen molar-refractivity contribution in [2.24, 2.45) is 12.8 Å². The van der Waals surface area contributed by atoms with E-state index < -0.39 is 0 Å². The molecule has 0 aliphatic carbocycles. The van der Waals surface area contributed by atoms with E-state index in [1.165, 1.54) is 11.1 Å². The third-order valence-corrected chi connectivity index (χ3v) is 3.67. The lowest BCUT2D eigenvalue weighted by Crippen LogP contribution is -2.30. The minimum absolute atomic E-state index is 0.206. The Bertz CT molecular complexity index is 538. The molecule has 0 saturated carbocycles. The number of hydrogen-bond donors (Lipinski definition) is 1. The third kappa shape index (κ3) is 3.65. The van der Waals surface area contributed by atoms with Crippen molar-refractivity contribution in [3.63, 3.8) is 0 Å². The molecule has 0 saturated heterocycles. The van der Waals surface area contributed by atoms with E-state index in [1.54, 1.807) is 0 Å². The van der Waals surface area contributed by atoms with E-state index in [-0.39, 0.29) is 6.04 Å². The Kier molecular flexibility index (Phi) is 4.74. The molecule has 5 heteroatoms. The molecule has 0 radical (unpaired) electrons. The Labute approximate surface area is 122 Å². The smallest absolute Gasteiger partial charge is 0.0534 e. The second-order valence-electron chi connectivity index (χ2n) is 4.74. The van der Waals surface area contributed by atoms with Crippen LogP contribution < -0.4 is 5.73 Å². The highest BCUT2D eigenvalue weighted by atomic mass is 79.9. The lowest BCUT2D eigenvalue weighted by atomic mass is 10.1. The van der Waals surface area contributed by atoms with Crippen molar-refractivity contribution < 1.29 is 0 Å². The Hall–Kier alpha value is -1.17. The van der Waals surface area contributed by atoms with Crippen LogP contribution in [0.3, 0.4) is 0 Å². The van der Waals surface area contributed by atoms with Gasteiger partial charge >= 0.3 is 0 Å². The number of benzene rings is 1. The van der Waals surface area contributed by atoms with Gasteiger partial charge < -0.3 is 5.73 Å². The fourth-order valence-electron chi connectivity index (χ4n) is 2.24. The van der Waals surface area contributed by atoms with Crippen LogP contribution in [0.15, 0.2) is 41.1 Å². The number of nitrogens with zero attached hydrogens (tertiary/aromatic N) is 3. The highest BCUT2D eigenvalue weighted by Gasteiger charge is 2.16. The first-order valence-corrected chi connectivity index (χ1v) is 7.02. The summed E-state index contributed by atoms with van der Waals surface area (Å²) in [7, 11) is 4.02. The molecule has 2 rings (SSSR count). The average molecular weight is 323 g/mol. The molecule has 0 aliphatic rings. The normalized spacial score (nSPS) is 12.9. The van der Waals surface area contributed by atoms with Crippen molar-refractivity contribution in [1.29, 1.82) is 0 Å². The van der Waals surface area contributed by atoms with Gasteiger partial charge in [-0.3, -0.25) is 9.58 Å². The summed E-state index contributed by atoms with van der Waals surface area (Å²) in [5.41, 5.74) is 8.36. The van der Waals surface area contributed by atoms with E-state index in [2.05, 4.69) is 45.1 Å². The van der Waals surface area contributed by atoms with Gasteiger partial charge in [0.2, 0.25) is 0 Å². The van der Waals surface area contributed by atoms with Crippen LogP contribution in [-0.4, -0.2) is 28.3 Å². The average Bonchev–Trinajstić information content (AvgIpc) is 2.75. The summed E-state index contributed by atoms with van der Waals surface area (Å²) in [5.74, 6) is 0. The number of likely N-dealkylation sites (N-methyl/N-ethyl adjacent to an activating group) is 1. The fraction of sp³-hybridized carbons (Fsp3) is 0.357. The molecule has 2 aromatic rings. The van der Waals surface area contributed by atoms with Gasteiger partial charge in [0.15, 0.2) is 0 Å². The summed E-state index contributed by atoms with van der Waals surface area (Å²) in [5, 5.41) is 4.19. The van der Waals surface area contributed by atoms with Crippen LogP contribution in [0.4, 0.5) is 0 Å². The summed E-state index contributed by atoms with van der Waals surface area (Å²) in [6.07, 6.45) is 3.93. The fourth-order valence-corrected chi connectivity index (χ4v) is 2.65. The summed E-state index contributed by atoms with van der Waals surface area (Å²) in [4.78, 5) is 2.25. The molecule has 0 spiro atoms. The minimum atomic E-state index is 0.206. The van der Waals surface area contributed by atoms with E-state index >= 15 is 0 Å². The molecular formula is C14H19BrN4. The zero-order valence-corrected chi connectivity index (χ0v) is 12.8. The topological polar surface area (TPSA) is 47.1 Å². The number of aryl methyl sites for hydroxylation is 1. The van der Waals surface area contributed by atoms with Crippen LogP contribution >= 0.6 is 15.9 Å². The van der Waals surface area contributed by atoms with Gasteiger partial charge in [-0.1, -0.05) is 28.1 Å². The van der Waals surface area contributed by atoms with Gasteiger partial charge in [0.05, 0.1) is 6.20 Å². The maximum absolute atomic E-state index is 5.94. The van der Waals surface area contributed by atoms with Gasteiger partial charge in [-0.15, -0.1) is 0 Å². The molecule has 102 valence electrons. The quantitative estimate of drug-likeness (QED) is 0.918. The molecule has 1 atom stereocenters. The second kappa shape index (κ2) is 6.32. The predicted molar refractivity (Wildman–Crippen MR) is 80.6 cm³/mol. The number of aromatic nitrogens is 2. The molecule has 0 amide bonds. The monoisotopic (exact) mass is 322 g/mol. The molecule has 1 aromatic carbocycles. The second-order valence-corrected chi connectivity index (χ2v) is 5.66. The first-order valence-electron chi connectivity index (χ1n) is 6.23. The SMILES string of the molecule is CN(Cc1cnn(C)c1)C(CN)c1cccc(Br)c1. The van der Waals surface area contributed by atoms with E-state index in [9.17, 15) is 0 Å². The highest BCUT2D eigenvalue weighted by Crippen LogP contribution is 2.23. The third-order valence-electron chi connectivity index (χ3n) is 3.18. The van der Waals surface area contributed by atoms with Gasteiger partial charge in [-0.2, -0.15) is 5.10 Å². The number of hydrogen-bond acceptors (Lipinski definition) is 3. The molecule has 0 aliphatic heterocycles. The van der Waals surface area contributed by atoms with Crippen molar-refractivity contribution in [1.82, 2.24) is 14.7 Å². The molecule has 0 fully saturated rings. The summed E-state index contributed by atoms with van der Waals surface area (Å²) in [6, 6.07) is 8.51. The molecular weight excluding hydrogens is 304 g/mol. The molecule has 2 N–H and O–H groups in total. The molecule has 19 heavy (non-hydrogen) atoms. The van der Waals surface area contributed by atoms with Gasteiger partial charge in [-0.05, 0) is 24.7 Å². The zero-order valence-electron chi connectivity index (χ0n) is 11.3. The van der Waals surface area contributed by atoms with Gasteiger partial charge in [-0.25, -0.2) is 0 Å². The Morgan fingerprint density at radius 2 is 2.26 bits per heavy atom. The predicted octanol–water partition coefficient (Wildman–Crippen LogP) is 2.31. The molecule has 1 unspecified atom stereocenters. The number of nitrogens with two attached hydrogens (primary N) is 1. The number of halogens is 1. The molecule has 1 heterocycles. The first-order chi connectivity index (χ1) is 9.10. The van der Waals surface area contributed by atoms with E-state index in [0.29, 0.717) is 6.54 Å². The Morgan fingerprint density at radius 1 is 1.47 bits per heavy atom. The van der Waals surface area contributed by atoms with Crippen molar-refractivity contribution in [2.45, 2.75) is 12.6 Å². The zero-order chi connectivity index (χ0) is 13.8. The summed E-state index contributed by atoms with van der Waals surface area (Å²) < 4.78 is 2.90. The maximum Gasteiger partial charge on any atom is 0.0534 e. The van der Waals surface area contributed by atoms with Crippen LogP contribution in [0.5, 0.6) is 0 Å². The van der Waals surface area contributed by atoms with Crippen LogP contribution in [0.1, 0.15) is 17.2 Å². The van der Waals surface area contributed by atoms with Crippen LogP contribution in [-0.2, 0) is 13.6 Å². The molecule has 1 aromatic heterocycles. The highest BCUT2D eigenvalue weighted by molar-refractivity contribution is 9.10. The van der Waals surface area contributed by atoms with Crippen molar-refractivity contribution in [2.75, 3.05) is 13.6 Å². The minimum Gasteiger partial charge on any atom is -0.329 e. The van der Waals surface area contributed by atoms with Gasteiger partial charge in [0.25, 0.3) is 0 Å². The summed E-state index contributed by atoms with van der Waals surface area (Å²) in [6.45, 7) is 1.43. The van der Waals surface area contributed by atoms with Gasteiger partial charge in [0.1, 0.15) is 0 Å². The maximum atomic E-state index is 5.94. The largest absolute Gasteiger partial charge is 0.329 e. The number of rotatable bonds is 5. The lowest BCUT2D eigenvalue weighted by molar-refractivity contribution is 0.241. The van der Waals surface area contributed by atoms with Crippen LogP contribution in [0.2, 0.25) is 0 Å². The van der Waals surface area contributed by atoms with E-state index in [4.69, 9.17) is 5.73 Å². The van der Waals surface area contributed by atoms with E-state index in [1.807, 2.05) is 36.3 Å². The van der Waals surface area contributed by atoms with E-state index in [0.717, 1.165) is 11.0 Å². The van der Waals surface area contributed by atoms with Gasteiger partial charge in [0, 0.05) is 42.4 Å². The summed E-state index contributed by atoms with van der Waals surface area (Å²) >= 11 is 3.51. The lowest BCUT2D eigenvalue weighted by Gasteiger charge is -2.27. The molecule has 0 bridgehead atoms. The first kappa shape index (κ1) is 14.2. The van der Waals surface area contributed by atoms with Crippen LogP contribution in [0, 0.1) is 0 Å². The Balaban J connectivity index is 2.12. The standard InChI is InChI=1S/C14H19BrN4/c1-18(9-11-8-17-19(2)10-11)14(7-16)12-4-3-5-13(15)6-12/h3-6,8,10,14H,7,9,16H2,1-2H3. The Morgan fingerprint density at radius 3 is 2.84 bits per heavy atom. The van der Waals surface area contributed by atoms with Crippen molar-refractivity contribution >= 4 is 15.9 Å². The van der Waals surface area contributed by atoms with Crippen LogP contribution in [0.25, 0.3) is 0 Å². The van der Waals surface area contributed by atoms with Crippen molar-refractivity contribution in [3.05, 3.63) is 52.3 Å². The molecule has 4 nitrogen and oxygen atoms in total. The van der Waals surface area contributed by atoms with Crippen molar-refractivity contribution in [3.8, 4) is 0 Å².